The second-order valence-corrected chi connectivity index (χ2v) is 7.08. The largest absolute Gasteiger partial charge is 0.350 e. The fraction of sp³-hybridized carbons (Fsp3) is 0.350. The maximum absolute atomic E-state index is 4.82. The molecule has 0 amide bonds. The highest BCUT2D eigenvalue weighted by Crippen LogP contribution is 2.24. The van der Waals surface area contributed by atoms with Crippen molar-refractivity contribution in [3.8, 4) is 0 Å². The molecule has 0 aliphatic carbocycles. The van der Waals surface area contributed by atoms with E-state index in [1.165, 1.54) is 11.1 Å². The lowest BCUT2D eigenvalue weighted by Crippen LogP contribution is -2.47. The van der Waals surface area contributed by atoms with Crippen LogP contribution in [0, 0.1) is 0 Å². The summed E-state index contributed by atoms with van der Waals surface area (Å²) in [6.07, 6.45) is 6.36. The summed E-state index contributed by atoms with van der Waals surface area (Å²) < 4.78 is 0. The molecule has 1 fully saturated rings. The van der Waals surface area contributed by atoms with Crippen LogP contribution in [0.5, 0.6) is 0 Å². The van der Waals surface area contributed by atoms with E-state index in [-0.39, 0.29) is 0 Å². The first-order valence-corrected chi connectivity index (χ1v) is 9.65. The molecule has 0 unspecified atom stereocenters. The van der Waals surface area contributed by atoms with E-state index in [0.717, 1.165) is 57.5 Å². The quantitative estimate of drug-likeness (QED) is 0.684. The first-order chi connectivity index (χ1) is 13.9. The van der Waals surface area contributed by atoms with E-state index in [0.29, 0.717) is 5.95 Å². The first kappa shape index (κ1) is 16.9. The number of aromatic nitrogens is 5. The van der Waals surface area contributed by atoms with Crippen LogP contribution in [-0.4, -0.2) is 57.9 Å². The Morgan fingerprint density at radius 2 is 1.43 bits per heavy atom. The molecule has 2 aromatic heterocycles. The number of fused-ring (bicyclic) bond motifs is 1. The van der Waals surface area contributed by atoms with Crippen molar-refractivity contribution in [1.29, 1.82) is 0 Å². The third kappa shape index (κ3) is 3.33. The molecule has 0 N–H and O–H groups in total. The Labute approximate surface area is 163 Å². The summed E-state index contributed by atoms with van der Waals surface area (Å²) in [6, 6.07) is 10.5. The second kappa shape index (κ2) is 7.38. The lowest BCUT2D eigenvalue weighted by molar-refractivity contribution is 0.621. The zero-order valence-electron chi connectivity index (χ0n) is 15.6. The van der Waals surface area contributed by atoms with Crippen LogP contribution < -0.4 is 14.7 Å². The third-order valence-electron chi connectivity index (χ3n) is 5.39. The van der Waals surface area contributed by atoms with Crippen molar-refractivity contribution >= 4 is 17.7 Å². The van der Waals surface area contributed by atoms with Crippen LogP contribution in [-0.2, 0) is 13.0 Å². The van der Waals surface area contributed by atoms with Crippen LogP contribution in [0.2, 0.25) is 0 Å². The van der Waals surface area contributed by atoms with Crippen LogP contribution in [0.4, 0.5) is 17.7 Å². The van der Waals surface area contributed by atoms with Crippen molar-refractivity contribution in [1.82, 2.24) is 25.1 Å². The zero-order valence-corrected chi connectivity index (χ0v) is 15.6. The molecule has 2 aliphatic rings. The minimum atomic E-state index is 0.699. The van der Waals surface area contributed by atoms with E-state index in [1.54, 1.807) is 18.6 Å². The van der Waals surface area contributed by atoms with Gasteiger partial charge in [-0.3, -0.25) is 0 Å². The smallest absolute Gasteiger partial charge is 0.247 e. The van der Waals surface area contributed by atoms with E-state index < -0.39 is 0 Å². The van der Waals surface area contributed by atoms with Gasteiger partial charge in [-0.05, 0) is 23.6 Å². The van der Waals surface area contributed by atoms with E-state index in [1.807, 2.05) is 6.07 Å². The zero-order chi connectivity index (χ0) is 18.8. The molecule has 1 aromatic carbocycles. The van der Waals surface area contributed by atoms with Crippen molar-refractivity contribution in [2.24, 2.45) is 0 Å². The monoisotopic (exact) mass is 374 g/mol. The molecule has 8 nitrogen and oxygen atoms in total. The van der Waals surface area contributed by atoms with E-state index in [2.05, 4.69) is 59.1 Å². The van der Waals surface area contributed by atoms with Gasteiger partial charge in [-0.2, -0.15) is 10.1 Å². The van der Waals surface area contributed by atoms with Gasteiger partial charge in [0, 0.05) is 51.7 Å². The summed E-state index contributed by atoms with van der Waals surface area (Å²) in [5, 5.41) is 8.52. The Hall–Kier alpha value is -3.29. The summed E-state index contributed by atoms with van der Waals surface area (Å²) >= 11 is 0. The van der Waals surface area contributed by atoms with Gasteiger partial charge in [-0.1, -0.05) is 24.3 Å². The topological polar surface area (TPSA) is 74.2 Å². The molecule has 28 heavy (non-hydrogen) atoms. The average molecular weight is 374 g/mol. The minimum absolute atomic E-state index is 0.699. The maximum Gasteiger partial charge on any atom is 0.247 e. The molecule has 0 saturated carbocycles. The predicted octanol–water partition coefficient (Wildman–Crippen LogP) is 1.55. The Kier molecular flexibility index (Phi) is 4.44. The number of nitrogens with zero attached hydrogens (tertiary/aromatic N) is 8. The second-order valence-electron chi connectivity index (χ2n) is 7.08. The van der Waals surface area contributed by atoms with E-state index in [4.69, 9.17) is 4.98 Å². The third-order valence-corrected chi connectivity index (χ3v) is 5.39. The van der Waals surface area contributed by atoms with Gasteiger partial charge in [-0.25, -0.2) is 9.97 Å². The molecule has 142 valence electrons. The van der Waals surface area contributed by atoms with Crippen molar-refractivity contribution in [2.75, 3.05) is 47.4 Å². The van der Waals surface area contributed by atoms with Gasteiger partial charge in [-0.15, -0.1) is 5.10 Å². The molecule has 4 heterocycles. The number of anilines is 3. The standard InChI is InChI=1S/C20H22N8/c1-2-5-17-15-28(9-6-16(17)4-1)18-14-23-25-20(24-18)27-12-10-26(11-13-27)19-21-7-3-8-22-19/h1-5,7-8,14H,6,9-13,15H2. The molecule has 0 radical (unpaired) electrons. The molecule has 0 spiro atoms. The fourth-order valence-corrected chi connectivity index (χ4v) is 3.82. The SMILES string of the molecule is c1cnc(N2CCN(c3nncc(N4CCc5ccccc5C4)n3)CC2)nc1. The number of rotatable bonds is 3. The Balaban J connectivity index is 1.28. The highest BCUT2D eigenvalue weighted by Gasteiger charge is 2.23. The van der Waals surface area contributed by atoms with Crippen LogP contribution in [0.25, 0.3) is 0 Å². The van der Waals surface area contributed by atoms with Gasteiger partial charge in [0.05, 0.1) is 6.20 Å². The van der Waals surface area contributed by atoms with Crippen molar-refractivity contribution in [3.63, 3.8) is 0 Å². The van der Waals surface area contributed by atoms with Gasteiger partial charge in [0.25, 0.3) is 0 Å². The summed E-state index contributed by atoms with van der Waals surface area (Å²) in [6.45, 7) is 5.16. The van der Waals surface area contributed by atoms with Gasteiger partial charge >= 0.3 is 0 Å². The number of benzene rings is 1. The molecule has 0 bridgehead atoms. The molecular weight excluding hydrogens is 352 g/mol. The first-order valence-electron chi connectivity index (χ1n) is 9.65. The maximum atomic E-state index is 4.82. The lowest BCUT2D eigenvalue weighted by Gasteiger charge is -2.35. The van der Waals surface area contributed by atoms with E-state index in [9.17, 15) is 0 Å². The van der Waals surface area contributed by atoms with Crippen LogP contribution in [0.3, 0.4) is 0 Å². The molecule has 5 rings (SSSR count). The summed E-state index contributed by atoms with van der Waals surface area (Å²) in [5.74, 6) is 2.38. The normalized spacial score (nSPS) is 16.8. The molecular formula is C20H22N8. The molecule has 8 heteroatoms. The Bertz CT molecular complexity index is 940. The van der Waals surface area contributed by atoms with Crippen molar-refractivity contribution in [2.45, 2.75) is 13.0 Å². The highest BCUT2D eigenvalue weighted by molar-refractivity contribution is 5.46. The van der Waals surface area contributed by atoms with Crippen molar-refractivity contribution < 1.29 is 0 Å². The summed E-state index contributed by atoms with van der Waals surface area (Å²) in [5.41, 5.74) is 2.80. The van der Waals surface area contributed by atoms with Gasteiger partial charge in [0.1, 0.15) is 0 Å². The number of hydrogen-bond acceptors (Lipinski definition) is 8. The lowest BCUT2D eigenvalue weighted by atomic mass is 10.0. The Morgan fingerprint density at radius 1 is 0.714 bits per heavy atom. The molecule has 0 atom stereocenters. The van der Waals surface area contributed by atoms with Gasteiger partial charge in [0.15, 0.2) is 5.82 Å². The fourth-order valence-electron chi connectivity index (χ4n) is 3.82. The summed E-state index contributed by atoms with van der Waals surface area (Å²) in [4.78, 5) is 20.2. The van der Waals surface area contributed by atoms with Gasteiger partial charge < -0.3 is 14.7 Å². The molecule has 2 aliphatic heterocycles. The molecule has 3 aromatic rings. The number of hydrogen-bond donors (Lipinski definition) is 0. The van der Waals surface area contributed by atoms with Gasteiger partial charge in [0.2, 0.25) is 11.9 Å². The number of piperazine rings is 1. The van der Waals surface area contributed by atoms with Crippen LogP contribution in [0.15, 0.2) is 48.9 Å². The van der Waals surface area contributed by atoms with Crippen LogP contribution in [0.1, 0.15) is 11.1 Å². The van der Waals surface area contributed by atoms with Crippen LogP contribution >= 0.6 is 0 Å². The average Bonchev–Trinajstić information content (AvgIpc) is 2.79. The van der Waals surface area contributed by atoms with E-state index >= 15 is 0 Å². The summed E-state index contributed by atoms with van der Waals surface area (Å²) in [7, 11) is 0. The van der Waals surface area contributed by atoms with Crippen molar-refractivity contribution in [3.05, 3.63) is 60.0 Å². The highest BCUT2D eigenvalue weighted by atomic mass is 15.4. The molecule has 1 saturated heterocycles. The predicted molar refractivity (Wildman–Crippen MR) is 107 cm³/mol. The Morgan fingerprint density at radius 3 is 2.21 bits per heavy atom. The minimum Gasteiger partial charge on any atom is -0.350 e.